The van der Waals surface area contributed by atoms with Crippen molar-refractivity contribution in [2.75, 3.05) is 13.1 Å². The molecule has 0 spiro atoms. The van der Waals surface area contributed by atoms with Gasteiger partial charge < -0.3 is 5.73 Å². The highest BCUT2D eigenvalue weighted by atomic mass is 35.5. The fraction of sp³-hybridized carbons (Fsp3) is 0.667. The summed E-state index contributed by atoms with van der Waals surface area (Å²) in [4.78, 5) is 0. The van der Waals surface area contributed by atoms with Crippen LogP contribution >= 0.6 is 22.9 Å². The van der Waals surface area contributed by atoms with Crippen molar-refractivity contribution in [2.45, 2.75) is 36.9 Å². The molecule has 4 nitrogen and oxygen atoms in total. The van der Waals surface area contributed by atoms with Gasteiger partial charge in [-0.25, -0.2) is 8.42 Å². The van der Waals surface area contributed by atoms with Crippen molar-refractivity contribution in [3.8, 4) is 0 Å². The van der Waals surface area contributed by atoms with E-state index in [1.807, 2.05) is 13.8 Å². The van der Waals surface area contributed by atoms with E-state index in [2.05, 4.69) is 0 Å². The van der Waals surface area contributed by atoms with Gasteiger partial charge in [0.25, 0.3) is 10.0 Å². The van der Waals surface area contributed by atoms with Gasteiger partial charge in [-0.3, -0.25) is 0 Å². The lowest BCUT2D eigenvalue weighted by atomic mass is 9.92. The van der Waals surface area contributed by atoms with Crippen LogP contribution in [-0.2, 0) is 10.0 Å². The number of hydrogen-bond acceptors (Lipinski definition) is 4. The molecule has 1 saturated heterocycles. The summed E-state index contributed by atoms with van der Waals surface area (Å²) >= 11 is 7.10. The van der Waals surface area contributed by atoms with Gasteiger partial charge in [0.15, 0.2) is 0 Å². The smallest absolute Gasteiger partial charge is 0.252 e. The van der Waals surface area contributed by atoms with Crippen molar-refractivity contribution >= 4 is 33.0 Å². The van der Waals surface area contributed by atoms with Crippen molar-refractivity contribution in [3.63, 3.8) is 0 Å². The van der Waals surface area contributed by atoms with E-state index >= 15 is 0 Å². The minimum Gasteiger partial charge on any atom is -0.327 e. The number of sulfonamides is 1. The van der Waals surface area contributed by atoms with Gasteiger partial charge in [0.05, 0.1) is 4.34 Å². The minimum atomic E-state index is -3.42. The number of nitrogens with two attached hydrogens (primary N) is 1. The Morgan fingerprint density at radius 1 is 1.58 bits per heavy atom. The highest BCUT2D eigenvalue weighted by molar-refractivity contribution is 7.91. The molecule has 0 aromatic carbocycles. The van der Waals surface area contributed by atoms with Crippen molar-refractivity contribution in [3.05, 3.63) is 16.0 Å². The summed E-state index contributed by atoms with van der Waals surface area (Å²) in [7, 11) is -3.42. The Kier molecular flexibility index (Phi) is 4.57. The van der Waals surface area contributed by atoms with E-state index in [1.165, 1.54) is 0 Å². The fourth-order valence-electron chi connectivity index (χ4n) is 2.35. The Morgan fingerprint density at radius 2 is 2.26 bits per heavy atom. The first-order valence-electron chi connectivity index (χ1n) is 6.38. The van der Waals surface area contributed by atoms with Crippen molar-refractivity contribution in [2.24, 2.45) is 11.7 Å². The van der Waals surface area contributed by atoms with Gasteiger partial charge in [0.2, 0.25) is 0 Å². The second-order valence-corrected chi connectivity index (χ2v) is 8.83. The van der Waals surface area contributed by atoms with Crippen LogP contribution in [0.5, 0.6) is 0 Å². The molecule has 0 aliphatic carbocycles. The van der Waals surface area contributed by atoms with E-state index in [-0.39, 0.29) is 12.0 Å². The SMILES string of the molecule is CCC1CN(S(=O)(=O)c2cc(C)c(Cl)s2)CCC1N. The van der Waals surface area contributed by atoms with Crippen LogP contribution in [0.15, 0.2) is 10.3 Å². The van der Waals surface area contributed by atoms with Crippen molar-refractivity contribution in [1.29, 1.82) is 0 Å². The topological polar surface area (TPSA) is 63.4 Å². The molecule has 0 saturated carbocycles. The quantitative estimate of drug-likeness (QED) is 0.929. The summed E-state index contributed by atoms with van der Waals surface area (Å²) in [6.45, 7) is 4.87. The van der Waals surface area contributed by atoms with Crippen LogP contribution < -0.4 is 5.73 Å². The summed E-state index contributed by atoms with van der Waals surface area (Å²) in [5.74, 6) is 0.236. The summed E-state index contributed by atoms with van der Waals surface area (Å²) in [5, 5.41) is 0. The summed E-state index contributed by atoms with van der Waals surface area (Å²) in [6, 6.07) is 1.75. The van der Waals surface area contributed by atoms with Crippen LogP contribution in [0.3, 0.4) is 0 Å². The van der Waals surface area contributed by atoms with E-state index in [0.29, 0.717) is 21.6 Å². The van der Waals surface area contributed by atoms with Crippen LogP contribution in [0.4, 0.5) is 0 Å². The number of nitrogens with zero attached hydrogens (tertiary/aromatic N) is 1. The molecule has 2 heterocycles. The molecule has 2 N–H and O–H groups in total. The zero-order chi connectivity index (χ0) is 14.2. The van der Waals surface area contributed by atoms with Crippen LogP contribution in [0.2, 0.25) is 4.34 Å². The number of rotatable bonds is 3. The molecule has 1 aliphatic heterocycles. The van der Waals surface area contributed by atoms with Crippen LogP contribution in [0, 0.1) is 12.8 Å². The number of thiophene rings is 1. The Labute approximate surface area is 123 Å². The lowest BCUT2D eigenvalue weighted by molar-refractivity contribution is 0.231. The third kappa shape index (κ3) is 2.97. The highest BCUT2D eigenvalue weighted by Gasteiger charge is 2.34. The Hall–Kier alpha value is -0.140. The standard InChI is InChI=1S/C12H19ClN2O2S2/c1-3-9-7-15(5-4-10(9)14)19(16,17)11-6-8(2)12(13)18-11/h6,9-10H,3-5,7,14H2,1-2H3. The molecule has 2 unspecified atom stereocenters. The number of aryl methyl sites for hydroxylation is 1. The molecule has 0 radical (unpaired) electrons. The third-order valence-corrected chi connectivity index (χ3v) is 7.58. The second kappa shape index (κ2) is 5.69. The predicted octanol–water partition coefficient (Wildman–Crippen LogP) is 2.46. The molecule has 0 amide bonds. The molecule has 1 aliphatic rings. The molecule has 108 valence electrons. The molecule has 1 aromatic heterocycles. The lowest BCUT2D eigenvalue weighted by Gasteiger charge is -2.35. The fourth-order valence-corrected chi connectivity index (χ4v) is 5.73. The zero-order valence-corrected chi connectivity index (χ0v) is 13.5. The minimum absolute atomic E-state index is 0.102. The summed E-state index contributed by atoms with van der Waals surface area (Å²) in [5.41, 5.74) is 6.83. The summed E-state index contributed by atoms with van der Waals surface area (Å²) < 4.78 is 27.5. The highest BCUT2D eigenvalue weighted by Crippen LogP contribution is 2.33. The van der Waals surface area contributed by atoms with E-state index in [0.717, 1.165) is 29.7 Å². The van der Waals surface area contributed by atoms with Gasteiger partial charge >= 0.3 is 0 Å². The molecule has 2 atom stereocenters. The Balaban J connectivity index is 2.25. The van der Waals surface area contributed by atoms with Crippen molar-refractivity contribution < 1.29 is 8.42 Å². The van der Waals surface area contributed by atoms with Gasteiger partial charge in [0.1, 0.15) is 4.21 Å². The third-order valence-electron chi connectivity index (χ3n) is 3.71. The molecule has 1 aromatic rings. The molecular weight excluding hydrogens is 304 g/mol. The molecule has 0 bridgehead atoms. The van der Waals surface area contributed by atoms with E-state index < -0.39 is 10.0 Å². The zero-order valence-electron chi connectivity index (χ0n) is 11.1. The van der Waals surface area contributed by atoms with Crippen LogP contribution in [0.1, 0.15) is 25.3 Å². The maximum atomic E-state index is 12.6. The molecule has 2 rings (SSSR count). The first-order chi connectivity index (χ1) is 8.86. The average Bonchev–Trinajstić information content (AvgIpc) is 2.70. The molecule has 19 heavy (non-hydrogen) atoms. The van der Waals surface area contributed by atoms with E-state index in [4.69, 9.17) is 17.3 Å². The Morgan fingerprint density at radius 3 is 2.79 bits per heavy atom. The van der Waals surface area contributed by atoms with Gasteiger partial charge in [0, 0.05) is 19.1 Å². The van der Waals surface area contributed by atoms with Crippen molar-refractivity contribution in [1.82, 2.24) is 4.31 Å². The molecular formula is C12H19ClN2O2S2. The first-order valence-corrected chi connectivity index (χ1v) is 9.01. The normalized spacial score (nSPS) is 25.7. The number of piperidine rings is 1. The van der Waals surface area contributed by atoms with E-state index in [9.17, 15) is 8.42 Å². The number of halogens is 1. The maximum absolute atomic E-state index is 12.6. The van der Waals surface area contributed by atoms with Gasteiger partial charge in [-0.05, 0) is 30.9 Å². The maximum Gasteiger partial charge on any atom is 0.252 e. The van der Waals surface area contributed by atoms with E-state index in [1.54, 1.807) is 10.4 Å². The van der Waals surface area contributed by atoms with Gasteiger partial charge in [-0.1, -0.05) is 24.9 Å². The van der Waals surface area contributed by atoms with Crippen LogP contribution in [-0.4, -0.2) is 31.9 Å². The van der Waals surface area contributed by atoms with Crippen LogP contribution in [0.25, 0.3) is 0 Å². The largest absolute Gasteiger partial charge is 0.327 e. The lowest BCUT2D eigenvalue weighted by Crippen LogP contribution is -2.48. The molecule has 7 heteroatoms. The monoisotopic (exact) mass is 322 g/mol. The molecule has 1 fully saturated rings. The average molecular weight is 323 g/mol. The Bertz CT molecular complexity index is 537. The summed E-state index contributed by atoms with van der Waals surface area (Å²) in [6.07, 6.45) is 1.62. The van der Waals surface area contributed by atoms with Gasteiger partial charge in [-0.2, -0.15) is 4.31 Å². The predicted molar refractivity (Wildman–Crippen MR) is 79.2 cm³/mol. The van der Waals surface area contributed by atoms with Gasteiger partial charge in [-0.15, -0.1) is 11.3 Å². The number of hydrogen-bond donors (Lipinski definition) is 1. The second-order valence-electron chi connectivity index (χ2n) is 5.01. The first kappa shape index (κ1) is 15.3.